The van der Waals surface area contributed by atoms with Gasteiger partial charge in [0.2, 0.25) is 5.88 Å². The average molecular weight is 284 g/mol. The maximum Gasteiger partial charge on any atom is 0.280 e. The van der Waals surface area contributed by atoms with Gasteiger partial charge < -0.3 is 14.4 Å². The van der Waals surface area contributed by atoms with Gasteiger partial charge in [0.25, 0.3) is 5.89 Å². The summed E-state index contributed by atoms with van der Waals surface area (Å²) in [6.45, 7) is 0. The Hall–Kier alpha value is -2.96. The van der Waals surface area contributed by atoms with Crippen LogP contribution in [0.2, 0.25) is 0 Å². The molecule has 21 heavy (non-hydrogen) atoms. The molecule has 1 N–H and O–H groups in total. The van der Waals surface area contributed by atoms with Gasteiger partial charge in [-0.05, 0) is 17.7 Å². The maximum atomic E-state index is 9.71. The quantitative estimate of drug-likeness (QED) is 0.781. The number of hydrogen-bond acceptors (Lipinski definition) is 7. The van der Waals surface area contributed by atoms with Crippen molar-refractivity contribution >= 4 is 0 Å². The van der Waals surface area contributed by atoms with Crippen molar-refractivity contribution in [3.63, 3.8) is 0 Å². The first-order chi connectivity index (χ1) is 10.3. The minimum absolute atomic E-state index is 0.00110. The van der Waals surface area contributed by atoms with Crippen molar-refractivity contribution in [3.05, 3.63) is 48.0 Å². The lowest BCUT2D eigenvalue weighted by Gasteiger charge is -1.99. The van der Waals surface area contributed by atoms with Gasteiger partial charge in [-0.2, -0.15) is 4.98 Å². The molecule has 0 spiro atoms. The molecule has 7 nitrogen and oxygen atoms in total. The van der Waals surface area contributed by atoms with Crippen molar-refractivity contribution in [2.75, 3.05) is 7.11 Å². The van der Waals surface area contributed by atoms with Crippen molar-refractivity contribution in [3.8, 4) is 23.2 Å². The van der Waals surface area contributed by atoms with E-state index in [1.807, 2.05) is 6.07 Å². The summed E-state index contributed by atoms with van der Waals surface area (Å²) in [6, 6.07) is 6.78. The Morgan fingerprint density at radius 2 is 2.14 bits per heavy atom. The molecule has 0 unspecified atom stereocenters. The third-order valence-corrected chi connectivity index (χ3v) is 2.83. The fourth-order valence-corrected chi connectivity index (χ4v) is 1.80. The van der Waals surface area contributed by atoms with Crippen LogP contribution in [-0.4, -0.2) is 32.3 Å². The number of pyridine rings is 2. The molecule has 7 heteroatoms. The Kier molecular flexibility index (Phi) is 3.46. The van der Waals surface area contributed by atoms with Crippen molar-refractivity contribution < 1.29 is 14.4 Å². The van der Waals surface area contributed by atoms with Gasteiger partial charge in [-0.25, -0.2) is 9.97 Å². The Morgan fingerprint density at radius 1 is 1.24 bits per heavy atom. The first kappa shape index (κ1) is 13.0. The molecule has 0 bridgehead atoms. The van der Waals surface area contributed by atoms with E-state index >= 15 is 0 Å². The molecule has 0 saturated heterocycles. The molecule has 3 aromatic heterocycles. The molecule has 0 saturated carbocycles. The smallest absolute Gasteiger partial charge is 0.280 e. The van der Waals surface area contributed by atoms with E-state index in [0.717, 1.165) is 5.56 Å². The van der Waals surface area contributed by atoms with Gasteiger partial charge in [0, 0.05) is 24.9 Å². The molecule has 0 amide bonds. The lowest BCUT2D eigenvalue weighted by Crippen LogP contribution is -1.93. The van der Waals surface area contributed by atoms with Crippen LogP contribution in [0.5, 0.6) is 11.6 Å². The first-order valence-electron chi connectivity index (χ1n) is 6.22. The molecule has 0 atom stereocenters. The fourth-order valence-electron chi connectivity index (χ4n) is 1.80. The molecule has 0 aromatic carbocycles. The highest BCUT2D eigenvalue weighted by Gasteiger charge is 2.14. The van der Waals surface area contributed by atoms with E-state index < -0.39 is 0 Å². The van der Waals surface area contributed by atoms with Crippen LogP contribution in [0, 0.1) is 0 Å². The lowest BCUT2D eigenvalue weighted by molar-refractivity contribution is 0.397. The molecule has 3 heterocycles. The lowest BCUT2D eigenvalue weighted by atomic mass is 10.2. The van der Waals surface area contributed by atoms with Crippen LogP contribution >= 0.6 is 0 Å². The largest absolute Gasteiger partial charge is 0.505 e. The molecule has 0 fully saturated rings. The van der Waals surface area contributed by atoms with Crippen LogP contribution in [0.15, 0.2) is 41.2 Å². The summed E-state index contributed by atoms with van der Waals surface area (Å²) in [7, 11) is 1.56. The van der Waals surface area contributed by atoms with Crippen LogP contribution in [0.25, 0.3) is 11.6 Å². The third-order valence-electron chi connectivity index (χ3n) is 2.83. The molecule has 0 radical (unpaired) electrons. The summed E-state index contributed by atoms with van der Waals surface area (Å²) < 4.78 is 10.1. The zero-order valence-electron chi connectivity index (χ0n) is 11.2. The van der Waals surface area contributed by atoms with E-state index in [9.17, 15) is 5.11 Å². The molecule has 106 valence electrons. The second kappa shape index (κ2) is 5.58. The van der Waals surface area contributed by atoms with Crippen molar-refractivity contribution in [2.45, 2.75) is 6.42 Å². The number of methoxy groups -OCH3 is 1. The topological polar surface area (TPSA) is 94.2 Å². The monoisotopic (exact) mass is 284 g/mol. The minimum atomic E-state index is -0.00110. The van der Waals surface area contributed by atoms with E-state index in [-0.39, 0.29) is 17.3 Å². The van der Waals surface area contributed by atoms with Crippen LogP contribution < -0.4 is 4.74 Å². The highest BCUT2D eigenvalue weighted by Crippen LogP contribution is 2.24. The van der Waals surface area contributed by atoms with Crippen molar-refractivity contribution in [1.29, 1.82) is 0 Å². The Bertz CT molecular complexity index is 740. The van der Waals surface area contributed by atoms with Gasteiger partial charge in [0.1, 0.15) is 5.75 Å². The molecular formula is C14H12N4O3. The summed E-state index contributed by atoms with van der Waals surface area (Å²) in [5.41, 5.74) is 1.19. The van der Waals surface area contributed by atoms with Gasteiger partial charge in [0.05, 0.1) is 7.11 Å². The SMILES string of the molecule is COc1ccc(Cc2noc(-c3ncccc3O)n2)cn1. The van der Waals surface area contributed by atoms with Crippen LogP contribution in [0.1, 0.15) is 11.4 Å². The van der Waals surface area contributed by atoms with Crippen molar-refractivity contribution in [1.82, 2.24) is 20.1 Å². The fraction of sp³-hybridized carbons (Fsp3) is 0.143. The minimum Gasteiger partial charge on any atom is -0.505 e. The second-order valence-electron chi connectivity index (χ2n) is 4.27. The molecule has 0 aliphatic rings. The maximum absolute atomic E-state index is 9.71. The van der Waals surface area contributed by atoms with Gasteiger partial charge in [-0.1, -0.05) is 11.2 Å². The summed E-state index contributed by atoms with van der Waals surface area (Å²) in [4.78, 5) is 12.3. The number of ether oxygens (including phenoxy) is 1. The zero-order valence-corrected chi connectivity index (χ0v) is 11.2. The standard InChI is InChI=1S/C14H12N4O3/c1-20-12-5-4-9(8-16-12)7-11-17-14(21-18-11)13-10(19)3-2-6-15-13/h2-6,8,19H,7H2,1H3. The molecule has 0 aliphatic carbocycles. The summed E-state index contributed by atoms with van der Waals surface area (Å²) in [5, 5.41) is 13.6. The van der Waals surface area contributed by atoms with Crippen molar-refractivity contribution in [2.24, 2.45) is 0 Å². The van der Waals surface area contributed by atoms with E-state index in [4.69, 9.17) is 9.26 Å². The first-order valence-corrected chi connectivity index (χ1v) is 6.22. The van der Waals surface area contributed by atoms with E-state index in [1.54, 1.807) is 31.6 Å². The summed E-state index contributed by atoms with van der Waals surface area (Å²) in [5.74, 6) is 1.22. The van der Waals surface area contributed by atoms with Gasteiger partial charge in [0.15, 0.2) is 11.5 Å². The predicted molar refractivity (Wildman–Crippen MR) is 72.8 cm³/mol. The molecular weight excluding hydrogens is 272 g/mol. The number of hydrogen-bond donors (Lipinski definition) is 1. The average Bonchev–Trinajstić information content (AvgIpc) is 2.97. The Balaban J connectivity index is 1.80. The predicted octanol–water partition coefficient (Wildman–Crippen LogP) is 1.83. The normalized spacial score (nSPS) is 10.5. The highest BCUT2D eigenvalue weighted by molar-refractivity contribution is 5.55. The highest BCUT2D eigenvalue weighted by atomic mass is 16.5. The summed E-state index contributed by atoms with van der Waals surface area (Å²) >= 11 is 0. The number of aromatic nitrogens is 4. The molecule has 3 aromatic rings. The molecule has 0 aliphatic heterocycles. The number of rotatable bonds is 4. The number of nitrogens with zero attached hydrogens (tertiary/aromatic N) is 4. The van der Waals surface area contributed by atoms with E-state index in [1.165, 1.54) is 6.07 Å². The Morgan fingerprint density at radius 3 is 2.86 bits per heavy atom. The third kappa shape index (κ3) is 2.81. The van der Waals surface area contributed by atoms with Gasteiger partial charge in [-0.15, -0.1) is 0 Å². The van der Waals surface area contributed by atoms with Gasteiger partial charge in [-0.3, -0.25) is 0 Å². The Labute approximate surface area is 120 Å². The van der Waals surface area contributed by atoms with E-state index in [0.29, 0.717) is 18.1 Å². The van der Waals surface area contributed by atoms with Gasteiger partial charge >= 0.3 is 0 Å². The molecule has 3 rings (SSSR count). The van der Waals surface area contributed by atoms with Crippen LogP contribution in [0.3, 0.4) is 0 Å². The van der Waals surface area contributed by atoms with Crippen LogP contribution in [-0.2, 0) is 6.42 Å². The summed E-state index contributed by atoms with van der Waals surface area (Å²) in [6.07, 6.45) is 3.70. The number of aromatic hydroxyl groups is 1. The van der Waals surface area contributed by atoms with E-state index in [2.05, 4.69) is 20.1 Å². The van der Waals surface area contributed by atoms with Crippen LogP contribution in [0.4, 0.5) is 0 Å². The zero-order chi connectivity index (χ0) is 14.7. The second-order valence-corrected chi connectivity index (χ2v) is 4.27.